The summed E-state index contributed by atoms with van der Waals surface area (Å²) in [7, 11) is -2.44. The summed E-state index contributed by atoms with van der Waals surface area (Å²) < 4.78 is 6.79. The van der Waals surface area contributed by atoms with Crippen molar-refractivity contribution in [1.82, 2.24) is 0 Å². The maximum Gasteiger partial charge on any atom is 0.205 e. The zero-order chi connectivity index (χ0) is 21.0. The van der Waals surface area contributed by atoms with E-state index in [9.17, 15) is 5.11 Å². The van der Waals surface area contributed by atoms with Crippen LogP contribution in [0.2, 0.25) is 13.1 Å². The van der Waals surface area contributed by atoms with E-state index in [-0.39, 0.29) is 17.1 Å². The number of hydrogen-bond donors (Lipinski definition) is 1. The molecule has 0 unspecified atom stereocenters. The molecule has 0 radical (unpaired) electrons. The van der Waals surface area contributed by atoms with Crippen molar-refractivity contribution in [3.63, 3.8) is 0 Å². The molecule has 1 N–H and O–H groups in total. The van der Waals surface area contributed by atoms with E-state index in [0.29, 0.717) is 6.61 Å². The van der Waals surface area contributed by atoms with Crippen LogP contribution >= 0.6 is 0 Å². The largest absolute Gasteiger partial charge is 0.415 e. The van der Waals surface area contributed by atoms with Gasteiger partial charge in [0.15, 0.2) is 0 Å². The lowest BCUT2D eigenvalue weighted by Gasteiger charge is -2.47. The molecule has 0 saturated carbocycles. The van der Waals surface area contributed by atoms with Gasteiger partial charge in [-0.15, -0.1) is 0 Å². The normalized spacial score (nSPS) is 12.7. The van der Waals surface area contributed by atoms with Crippen molar-refractivity contribution in [2.24, 2.45) is 5.41 Å². The first-order valence-corrected chi connectivity index (χ1v) is 13.2. The van der Waals surface area contributed by atoms with E-state index in [4.69, 9.17) is 4.43 Å². The lowest BCUT2D eigenvalue weighted by molar-refractivity contribution is 0.0911. The van der Waals surface area contributed by atoms with Crippen LogP contribution in [0.25, 0.3) is 0 Å². The Bertz CT molecular complexity index is 793. The van der Waals surface area contributed by atoms with E-state index in [1.54, 1.807) is 0 Å². The summed E-state index contributed by atoms with van der Waals surface area (Å²) in [4.78, 5) is 0. The quantitative estimate of drug-likeness (QED) is 0.380. The molecule has 0 atom stereocenters. The van der Waals surface area contributed by atoms with Gasteiger partial charge in [-0.25, -0.2) is 0 Å². The molecule has 2 nitrogen and oxygen atoms in total. The average molecular weight is 405 g/mol. The third-order valence-electron chi connectivity index (χ3n) is 5.78. The lowest BCUT2D eigenvalue weighted by atomic mass is 9.84. The van der Waals surface area contributed by atoms with Gasteiger partial charge in [0.05, 0.1) is 11.6 Å². The molecule has 0 saturated heterocycles. The third-order valence-corrected chi connectivity index (χ3v) is 9.31. The average Bonchev–Trinajstić information content (AvgIpc) is 2.75. The molecule has 0 amide bonds. The number of rotatable bonds is 8. The summed E-state index contributed by atoms with van der Waals surface area (Å²) >= 11 is 0. The van der Waals surface area contributed by atoms with Gasteiger partial charge >= 0.3 is 0 Å². The van der Waals surface area contributed by atoms with Crippen LogP contribution in [0.4, 0.5) is 0 Å². The Hall–Kier alpha value is -2.20. The zero-order valence-electron chi connectivity index (χ0n) is 17.9. The van der Waals surface area contributed by atoms with Gasteiger partial charge in [0, 0.05) is 12.0 Å². The minimum atomic E-state index is -2.44. The van der Waals surface area contributed by atoms with Crippen LogP contribution in [0, 0.1) is 5.41 Å². The molecule has 152 valence electrons. The highest BCUT2D eigenvalue weighted by Gasteiger charge is 2.52. The van der Waals surface area contributed by atoms with Gasteiger partial charge in [0.25, 0.3) is 0 Å². The molecule has 0 aromatic heterocycles. The fourth-order valence-corrected chi connectivity index (χ4v) is 7.69. The van der Waals surface area contributed by atoms with Crippen molar-refractivity contribution >= 4 is 8.32 Å². The summed E-state index contributed by atoms with van der Waals surface area (Å²) in [6.45, 7) is 9.32. The summed E-state index contributed by atoms with van der Waals surface area (Å²) in [6.07, 6.45) is 0. The minimum Gasteiger partial charge on any atom is -0.415 e. The molecule has 0 spiro atoms. The first kappa shape index (κ1) is 21.5. The van der Waals surface area contributed by atoms with E-state index in [1.807, 2.05) is 13.8 Å². The summed E-state index contributed by atoms with van der Waals surface area (Å²) in [5.74, 6) is 0. The molecule has 0 heterocycles. The highest BCUT2D eigenvalue weighted by molar-refractivity contribution is 6.76. The van der Waals surface area contributed by atoms with Crippen molar-refractivity contribution in [3.05, 3.63) is 108 Å². The number of benzene rings is 3. The lowest BCUT2D eigenvalue weighted by Crippen LogP contribution is -2.56. The Morgan fingerprint density at radius 1 is 0.690 bits per heavy atom. The van der Waals surface area contributed by atoms with Crippen molar-refractivity contribution in [3.8, 4) is 0 Å². The second-order valence-corrected chi connectivity index (χ2v) is 13.0. The Morgan fingerprint density at radius 3 is 1.34 bits per heavy atom. The molecule has 3 rings (SSSR count). The smallest absolute Gasteiger partial charge is 0.205 e. The molecule has 0 aliphatic carbocycles. The first-order valence-electron chi connectivity index (χ1n) is 10.2. The van der Waals surface area contributed by atoms with Crippen LogP contribution in [-0.2, 0) is 9.46 Å². The van der Waals surface area contributed by atoms with Gasteiger partial charge in [0.1, 0.15) is 0 Å². The second kappa shape index (κ2) is 8.66. The van der Waals surface area contributed by atoms with E-state index in [1.165, 1.54) is 16.7 Å². The molecule has 3 heteroatoms. The zero-order valence-corrected chi connectivity index (χ0v) is 18.9. The second-order valence-electron chi connectivity index (χ2n) is 8.97. The standard InChI is InChI=1S/C26H32O2Si/c1-25(2,20-27)21-28-29(3,4)26(22-14-8-5-9-15-22,23-16-10-6-11-17-23)24-18-12-7-13-19-24/h5-19,27H,20-21H2,1-4H3. The Morgan fingerprint density at radius 2 is 1.03 bits per heavy atom. The van der Waals surface area contributed by atoms with Crippen LogP contribution < -0.4 is 0 Å². The van der Waals surface area contributed by atoms with Crippen LogP contribution in [0.3, 0.4) is 0 Å². The maximum absolute atomic E-state index is 9.78. The fraction of sp³-hybridized carbons (Fsp3) is 0.308. The van der Waals surface area contributed by atoms with Crippen molar-refractivity contribution in [1.29, 1.82) is 0 Å². The summed E-state index contributed by atoms with van der Waals surface area (Å²) in [5.41, 5.74) is 3.46. The van der Waals surface area contributed by atoms with Crippen LogP contribution in [0.1, 0.15) is 30.5 Å². The van der Waals surface area contributed by atoms with Gasteiger partial charge in [-0.3, -0.25) is 0 Å². The fourth-order valence-electron chi connectivity index (χ4n) is 4.14. The highest BCUT2D eigenvalue weighted by Crippen LogP contribution is 2.47. The molecular weight excluding hydrogens is 372 g/mol. The monoisotopic (exact) mass is 404 g/mol. The van der Waals surface area contributed by atoms with Gasteiger partial charge in [0.2, 0.25) is 8.32 Å². The van der Waals surface area contributed by atoms with Crippen molar-refractivity contribution < 1.29 is 9.53 Å². The van der Waals surface area contributed by atoms with Crippen LogP contribution in [0.15, 0.2) is 91.0 Å². The van der Waals surface area contributed by atoms with E-state index >= 15 is 0 Å². The SMILES string of the molecule is CC(C)(CO)CO[Si](C)(C)C(c1ccccc1)(c1ccccc1)c1ccccc1. The number of hydrogen-bond acceptors (Lipinski definition) is 2. The van der Waals surface area contributed by atoms with Crippen molar-refractivity contribution in [2.75, 3.05) is 13.2 Å². The van der Waals surface area contributed by atoms with E-state index < -0.39 is 8.32 Å². The van der Waals surface area contributed by atoms with Gasteiger partial charge in [-0.1, -0.05) is 105 Å². The number of aliphatic hydroxyl groups is 1. The van der Waals surface area contributed by atoms with Gasteiger partial charge < -0.3 is 9.53 Å². The van der Waals surface area contributed by atoms with Gasteiger partial charge in [-0.2, -0.15) is 0 Å². The molecule has 0 aliphatic rings. The Labute approximate surface area is 176 Å². The highest BCUT2D eigenvalue weighted by atomic mass is 28.4. The van der Waals surface area contributed by atoms with Gasteiger partial charge in [-0.05, 0) is 29.8 Å². The van der Waals surface area contributed by atoms with Crippen LogP contribution in [-0.4, -0.2) is 26.6 Å². The maximum atomic E-state index is 9.78. The molecule has 0 aliphatic heterocycles. The molecule has 29 heavy (non-hydrogen) atoms. The van der Waals surface area contributed by atoms with E-state index in [0.717, 1.165) is 0 Å². The van der Waals surface area contributed by atoms with E-state index in [2.05, 4.69) is 104 Å². The molecule has 3 aromatic rings. The third kappa shape index (κ3) is 4.23. The first-order chi connectivity index (χ1) is 13.8. The summed E-state index contributed by atoms with van der Waals surface area (Å²) in [5, 5.41) is 9.41. The molecular formula is C26H32O2Si. The Balaban J connectivity index is 2.28. The van der Waals surface area contributed by atoms with Crippen LogP contribution in [0.5, 0.6) is 0 Å². The predicted octanol–water partition coefficient (Wildman–Crippen LogP) is 5.80. The predicted molar refractivity (Wildman–Crippen MR) is 124 cm³/mol. The Kier molecular flexibility index (Phi) is 6.42. The number of aliphatic hydroxyl groups excluding tert-OH is 1. The van der Waals surface area contributed by atoms with Crippen molar-refractivity contribution in [2.45, 2.75) is 32.0 Å². The molecule has 0 bridgehead atoms. The molecule has 0 fully saturated rings. The summed E-state index contributed by atoms with van der Waals surface area (Å²) in [6, 6.07) is 32.2. The minimum absolute atomic E-state index is 0.104. The topological polar surface area (TPSA) is 29.5 Å². The molecule has 3 aromatic carbocycles.